The molecule has 10 nitrogen and oxygen atoms in total. The summed E-state index contributed by atoms with van der Waals surface area (Å²) in [7, 11) is 5.97. The molecule has 0 aromatic heterocycles. The maximum atomic E-state index is 12.5. The van der Waals surface area contributed by atoms with E-state index in [1.165, 1.54) is 58.9 Å². The van der Waals surface area contributed by atoms with Gasteiger partial charge >= 0.3 is 0 Å². The molecule has 0 amide bonds. The Labute approximate surface area is 213 Å². The molecule has 0 aliphatic heterocycles. The summed E-state index contributed by atoms with van der Waals surface area (Å²) in [5.74, 6) is 0.937. The average molecular weight is 507 g/mol. The standard InChI is InChI=1S/C27H26N2O8/c1-34-24-15-18(16-25(35-2)27(24)37-4)10-9-17-13-20(26(36-3)23(31)14-17)28-12-11-22(30)19-7-5-6-8-21(19)29(32)33/h5-16,28,31H,1-4H3. The fourth-order valence-corrected chi connectivity index (χ4v) is 3.58. The molecule has 0 radical (unpaired) electrons. The van der Waals surface area contributed by atoms with Gasteiger partial charge in [0.2, 0.25) is 5.75 Å². The highest BCUT2D eigenvalue weighted by atomic mass is 16.6. The molecule has 0 saturated heterocycles. The maximum absolute atomic E-state index is 12.5. The van der Waals surface area contributed by atoms with Crippen LogP contribution in [0, 0.1) is 10.1 Å². The number of benzene rings is 3. The van der Waals surface area contributed by atoms with E-state index in [1.807, 2.05) is 0 Å². The molecule has 0 spiro atoms. The smallest absolute Gasteiger partial charge is 0.280 e. The highest BCUT2D eigenvalue weighted by molar-refractivity contribution is 6.07. The van der Waals surface area contributed by atoms with Gasteiger partial charge in [-0.25, -0.2) is 0 Å². The van der Waals surface area contributed by atoms with Crippen LogP contribution in [-0.4, -0.2) is 44.3 Å². The Morgan fingerprint density at radius 2 is 1.49 bits per heavy atom. The summed E-state index contributed by atoms with van der Waals surface area (Å²) in [4.78, 5) is 23.1. The molecule has 0 fully saturated rings. The number of ketones is 1. The van der Waals surface area contributed by atoms with Crippen molar-refractivity contribution in [3.63, 3.8) is 0 Å². The average Bonchev–Trinajstić information content (AvgIpc) is 2.90. The van der Waals surface area contributed by atoms with E-state index in [-0.39, 0.29) is 22.7 Å². The molecule has 3 aromatic rings. The van der Waals surface area contributed by atoms with E-state index in [0.29, 0.717) is 28.5 Å². The van der Waals surface area contributed by atoms with Gasteiger partial charge in [-0.3, -0.25) is 14.9 Å². The van der Waals surface area contributed by atoms with Crippen LogP contribution >= 0.6 is 0 Å². The van der Waals surface area contributed by atoms with Crippen molar-refractivity contribution in [3.05, 3.63) is 87.6 Å². The minimum atomic E-state index is -0.612. The Hall–Kier alpha value is -4.99. The van der Waals surface area contributed by atoms with Gasteiger partial charge in [-0.1, -0.05) is 24.3 Å². The van der Waals surface area contributed by atoms with Crippen LogP contribution in [0.3, 0.4) is 0 Å². The van der Waals surface area contributed by atoms with Crippen LogP contribution in [0.4, 0.5) is 11.4 Å². The number of nitro groups is 1. The molecule has 37 heavy (non-hydrogen) atoms. The van der Waals surface area contributed by atoms with Gasteiger partial charge in [0, 0.05) is 18.3 Å². The van der Waals surface area contributed by atoms with Crippen molar-refractivity contribution in [2.24, 2.45) is 0 Å². The van der Waals surface area contributed by atoms with Crippen LogP contribution in [0.15, 0.2) is 60.8 Å². The third-order valence-electron chi connectivity index (χ3n) is 5.29. The first-order valence-corrected chi connectivity index (χ1v) is 10.9. The number of hydrogen-bond donors (Lipinski definition) is 2. The quantitative estimate of drug-likeness (QED) is 0.117. The molecule has 10 heteroatoms. The summed E-state index contributed by atoms with van der Waals surface area (Å²) in [5, 5.41) is 24.6. The first-order valence-electron chi connectivity index (χ1n) is 10.9. The molecule has 0 saturated carbocycles. The Morgan fingerprint density at radius 1 is 0.892 bits per heavy atom. The molecule has 0 atom stereocenters. The first-order chi connectivity index (χ1) is 17.8. The zero-order valence-electron chi connectivity index (χ0n) is 20.7. The maximum Gasteiger partial charge on any atom is 0.280 e. The van der Waals surface area contributed by atoms with Gasteiger partial charge in [0.1, 0.15) is 0 Å². The molecule has 0 unspecified atom stereocenters. The number of nitro benzene ring substituents is 1. The van der Waals surface area contributed by atoms with Crippen molar-refractivity contribution in [1.29, 1.82) is 0 Å². The lowest BCUT2D eigenvalue weighted by molar-refractivity contribution is -0.385. The molecule has 3 aromatic carbocycles. The number of methoxy groups -OCH3 is 4. The van der Waals surface area contributed by atoms with E-state index < -0.39 is 10.7 Å². The SMILES string of the molecule is COc1cc(C=Cc2cc(O)c(OC)c(NC=CC(=O)c3ccccc3[N+](=O)[O-])c2)cc(OC)c1OC. The van der Waals surface area contributed by atoms with Crippen molar-refractivity contribution < 1.29 is 33.8 Å². The second-order valence-corrected chi connectivity index (χ2v) is 7.53. The molecule has 0 aliphatic carbocycles. The van der Waals surface area contributed by atoms with E-state index in [0.717, 1.165) is 11.6 Å². The highest BCUT2D eigenvalue weighted by Gasteiger charge is 2.17. The van der Waals surface area contributed by atoms with Crippen molar-refractivity contribution >= 4 is 29.3 Å². The van der Waals surface area contributed by atoms with Crippen LogP contribution in [0.25, 0.3) is 12.2 Å². The second-order valence-electron chi connectivity index (χ2n) is 7.53. The van der Waals surface area contributed by atoms with Gasteiger partial charge in [-0.05, 0) is 41.5 Å². The fourth-order valence-electron chi connectivity index (χ4n) is 3.58. The highest BCUT2D eigenvalue weighted by Crippen LogP contribution is 2.39. The third kappa shape index (κ3) is 6.17. The zero-order valence-corrected chi connectivity index (χ0v) is 20.7. The Morgan fingerprint density at radius 3 is 2.05 bits per heavy atom. The Balaban J connectivity index is 1.87. The van der Waals surface area contributed by atoms with E-state index in [2.05, 4.69) is 5.32 Å². The van der Waals surface area contributed by atoms with Gasteiger partial charge in [-0.2, -0.15) is 0 Å². The molecule has 0 aliphatic rings. The number of hydrogen-bond acceptors (Lipinski definition) is 9. The fraction of sp³-hybridized carbons (Fsp3) is 0.148. The third-order valence-corrected chi connectivity index (χ3v) is 5.29. The normalized spacial score (nSPS) is 10.9. The number of allylic oxidation sites excluding steroid dienone is 1. The number of aromatic hydroxyl groups is 1. The van der Waals surface area contributed by atoms with Gasteiger partial charge in [0.25, 0.3) is 5.69 Å². The minimum absolute atomic E-state index is 0.0394. The van der Waals surface area contributed by atoms with Crippen molar-refractivity contribution in [1.82, 2.24) is 0 Å². The van der Waals surface area contributed by atoms with E-state index >= 15 is 0 Å². The van der Waals surface area contributed by atoms with Crippen LogP contribution in [0.2, 0.25) is 0 Å². The number of ether oxygens (including phenoxy) is 4. The lowest BCUT2D eigenvalue weighted by atomic mass is 10.1. The van der Waals surface area contributed by atoms with Crippen LogP contribution in [-0.2, 0) is 0 Å². The number of para-hydroxylation sites is 1. The summed E-state index contributed by atoms with van der Waals surface area (Å²) < 4.78 is 21.4. The second kappa shape index (κ2) is 12.1. The summed E-state index contributed by atoms with van der Waals surface area (Å²) in [5.41, 5.74) is 1.43. The van der Waals surface area contributed by atoms with E-state index in [1.54, 1.807) is 36.4 Å². The van der Waals surface area contributed by atoms with Crippen LogP contribution < -0.4 is 24.3 Å². The van der Waals surface area contributed by atoms with Crippen LogP contribution in [0.5, 0.6) is 28.7 Å². The van der Waals surface area contributed by atoms with E-state index in [9.17, 15) is 20.0 Å². The molecular formula is C27H26N2O8. The molecule has 2 N–H and O–H groups in total. The summed E-state index contributed by atoms with van der Waals surface area (Å²) in [6.07, 6.45) is 6.04. The molecule has 0 heterocycles. The molecule has 0 bridgehead atoms. The monoisotopic (exact) mass is 506 g/mol. The predicted molar refractivity (Wildman–Crippen MR) is 140 cm³/mol. The number of carbonyl (C=O) groups is 1. The lowest BCUT2D eigenvalue weighted by Gasteiger charge is -2.13. The molecule has 3 rings (SSSR count). The van der Waals surface area contributed by atoms with E-state index in [4.69, 9.17) is 18.9 Å². The topological polar surface area (TPSA) is 129 Å². The zero-order chi connectivity index (χ0) is 26.9. The summed E-state index contributed by atoms with van der Waals surface area (Å²) in [6, 6.07) is 12.4. The predicted octanol–water partition coefficient (Wildman–Crippen LogP) is 5.31. The minimum Gasteiger partial charge on any atom is -0.504 e. The summed E-state index contributed by atoms with van der Waals surface area (Å²) >= 11 is 0. The van der Waals surface area contributed by atoms with Crippen LogP contribution in [0.1, 0.15) is 21.5 Å². The summed E-state index contributed by atoms with van der Waals surface area (Å²) in [6.45, 7) is 0. The number of carbonyl (C=O) groups excluding carboxylic acids is 1. The molecular weight excluding hydrogens is 480 g/mol. The number of nitrogens with one attached hydrogen (secondary N) is 1. The number of phenols is 1. The number of rotatable bonds is 11. The number of anilines is 1. The van der Waals surface area contributed by atoms with Gasteiger partial charge < -0.3 is 29.4 Å². The Bertz CT molecular complexity index is 1340. The van der Waals surface area contributed by atoms with Crippen molar-refractivity contribution in [2.45, 2.75) is 0 Å². The van der Waals surface area contributed by atoms with Crippen molar-refractivity contribution in [3.8, 4) is 28.7 Å². The van der Waals surface area contributed by atoms with Crippen molar-refractivity contribution in [2.75, 3.05) is 33.8 Å². The van der Waals surface area contributed by atoms with Gasteiger partial charge in [0.05, 0.1) is 44.6 Å². The first kappa shape index (κ1) is 26.6. The molecule has 192 valence electrons. The number of phenolic OH excluding ortho intramolecular Hbond substituents is 1. The lowest BCUT2D eigenvalue weighted by Crippen LogP contribution is -2.02. The van der Waals surface area contributed by atoms with Gasteiger partial charge in [0.15, 0.2) is 28.8 Å². The largest absolute Gasteiger partial charge is 0.504 e. The number of nitrogens with zero attached hydrogens (tertiary/aromatic N) is 1. The van der Waals surface area contributed by atoms with Gasteiger partial charge in [-0.15, -0.1) is 0 Å². The Kier molecular flexibility index (Phi) is 8.71.